The Bertz CT molecular complexity index is 486. The minimum absolute atomic E-state index is 0.228. The van der Waals surface area contributed by atoms with E-state index in [0.29, 0.717) is 10.9 Å². The first-order chi connectivity index (χ1) is 10.0. The fourth-order valence-corrected chi connectivity index (χ4v) is 3.94. The van der Waals surface area contributed by atoms with Gasteiger partial charge in [0.15, 0.2) is 0 Å². The van der Waals surface area contributed by atoms with Gasteiger partial charge in [0.1, 0.15) is 4.88 Å². The summed E-state index contributed by atoms with van der Waals surface area (Å²) in [6, 6.07) is 0.662. The standard InChI is InChI=1S/C15H26N4OS/c1-10(2)13-14(15(20)18-16)21-12(17-13)7-9-19-8-5-4-6-11(19)3/h10-11H,4-9,16H2,1-3H3,(H,18,20). The second kappa shape index (κ2) is 7.33. The highest BCUT2D eigenvalue weighted by Gasteiger charge is 2.21. The first kappa shape index (κ1) is 16.4. The molecule has 1 aliphatic heterocycles. The van der Waals surface area contributed by atoms with Crippen molar-refractivity contribution in [2.24, 2.45) is 5.84 Å². The van der Waals surface area contributed by atoms with E-state index >= 15 is 0 Å². The van der Waals surface area contributed by atoms with Crippen LogP contribution in [0.1, 0.15) is 66.3 Å². The number of nitrogens with zero attached hydrogens (tertiary/aromatic N) is 2. The number of nitrogen functional groups attached to an aromatic ring is 1. The van der Waals surface area contributed by atoms with E-state index in [4.69, 9.17) is 5.84 Å². The Morgan fingerprint density at radius 2 is 2.29 bits per heavy atom. The lowest BCUT2D eigenvalue weighted by Gasteiger charge is -2.33. The Morgan fingerprint density at radius 3 is 2.90 bits per heavy atom. The number of amides is 1. The molecule has 21 heavy (non-hydrogen) atoms. The van der Waals surface area contributed by atoms with Crippen LogP contribution in [0.4, 0.5) is 0 Å². The molecule has 0 radical (unpaired) electrons. The number of thiazole rings is 1. The van der Waals surface area contributed by atoms with E-state index in [0.717, 1.165) is 23.7 Å². The van der Waals surface area contributed by atoms with Crippen molar-refractivity contribution in [1.82, 2.24) is 15.3 Å². The fraction of sp³-hybridized carbons (Fsp3) is 0.733. The Morgan fingerprint density at radius 1 is 1.52 bits per heavy atom. The lowest BCUT2D eigenvalue weighted by Crippen LogP contribution is -2.38. The van der Waals surface area contributed by atoms with Crippen LogP contribution in [-0.4, -0.2) is 34.9 Å². The van der Waals surface area contributed by atoms with E-state index < -0.39 is 0 Å². The summed E-state index contributed by atoms with van der Waals surface area (Å²) < 4.78 is 0. The highest BCUT2D eigenvalue weighted by atomic mass is 32.1. The molecule has 1 unspecified atom stereocenters. The molecule has 6 heteroatoms. The third kappa shape index (κ3) is 4.02. The highest BCUT2D eigenvalue weighted by Crippen LogP contribution is 2.26. The molecule has 0 aromatic carbocycles. The molecule has 1 aliphatic rings. The van der Waals surface area contributed by atoms with Crippen molar-refractivity contribution in [3.05, 3.63) is 15.6 Å². The Balaban J connectivity index is 2.04. The molecule has 5 nitrogen and oxygen atoms in total. The fourth-order valence-electron chi connectivity index (χ4n) is 2.83. The van der Waals surface area contributed by atoms with Gasteiger partial charge in [0.05, 0.1) is 10.7 Å². The highest BCUT2D eigenvalue weighted by molar-refractivity contribution is 7.13. The Labute approximate surface area is 130 Å². The van der Waals surface area contributed by atoms with Gasteiger partial charge in [-0.05, 0) is 32.2 Å². The summed E-state index contributed by atoms with van der Waals surface area (Å²) in [6.45, 7) is 8.61. The van der Waals surface area contributed by atoms with Gasteiger partial charge >= 0.3 is 0 Å². The number of hydrogen-bond donors (Lipinski definition) is 2. The van der Waals surface area contributed by atoms with Crippen molar-refractivity contribution in [2.45, 2.75) is 58.4 Å². The quantitative estimate of drug-likeness (QED) is 0.497. The van der Waals surface area contributed by atoms with E-state index in [1.165, 1.54) is 37.1 Å². The maximum Gasteiger partial charge on any atom is 0.277 e. The van der Waals surface area contributed by atoms with Crippen molar-refractivity contribution in [3.63, 3.8) is 0 Å². The van der Waals surface area contributed by atoms with Gasteiger partial charge < -0.3 is 4.90 Å². The monoisotopic (exact) mass is 310 g/mol. The summed E-state index contributed by atoms with van der Waals surface area (Å²) >= 11 is 1.48. The molecule has 0 aliphatic carbocycles. The molecule has 2 rings (SSSR count). The number of hydrogen-bond acceptors (Lipinski definition) is 5. The van der Waals surface area contributed by atoms with E-state index in [2.05, 4.69) is 36.1 Å². The minimum Gasteiger partial charge on any atom is -0.300 e. The molecule has 1 atom stereocenters. The number of carbonyl (C=O) groups excluding carboxylic acids is 1. The Kier molecular flexibility index (Phi) is 5.72. The van der Waals surface area contributed by atoms with E-state index in [1.54, 1.807) is 0 Å². The molecule has 0 saturated carbocycles. The molecule has 0 bridgehead atoms. The molecule has 2 heterocycles. The topological polar surface area (TPSA) is 71.2 Å². The lowest BCUT2D eigenvalue weighted by atomic mass is 10.0. The van der Waals surface area contributed by atoms with Crippen LogP contribution in [0.5, 0.6) is 0 Å². The number of piperidine rings is 1. The molecule has 1 amide bonds. The van der Waals surface area contributed by atoms with Crippen molar-refractivity contribution in [1.29, 1.82) is 0 Å². The summed E-state index contributed by atoms with van der Waals surface area (Å²) in [5.74, 6) is 5.27. The van der Waals surface area contributed by atoms with Gasteiger partial charge in [-0.25, -0.2) is 10.8 Å². The zero-order chi connectivity index (χ0) is 15.4. The van der Waals surface area contributed by atoms with E-state index in [9.17, 15) is 4.79 Å². The number of carbonyl (C=O) groups is 1. The van der Waals surface area contributed by atoms with Crippen LogP contribution < -0.4 is 11.3 Å². The van der Waals surface area contributed by atoms with Gasteiger partial charge in [-0.1, -0.05) is 20.3 Å². The predicted octanol–water partition coefficient (Wildman–Crippen LogP) is 2.29. The number of aromatic nitrogens is 1. The zero-order valence-corrected chi connectivity index (χ0v) is 14.0. The van der Waals surface area contributed by atoms with Crippen LogP contribution in [0, 0.1) is 0 Å². The van der Waals surface area contributed by atoms with Gasteiger partial charge in [0.2, 0.25) is 0 Å². The third-order valence-electron chi connectivity index (χ3n) is 4.14. The van der Waals surface area contributed by atoms with Crippen molar-refractivity contribution in [2.75, 3.05) is 13.1 Å². The van der Waals surface area contributed by atoms with Crippen molar-refractivity contribution >= 4 is 17.2 Å². The van der Waals surface area contributed by atoms with Crippen LogP contribution in [0.2, 0.25) is 0 Å². The second-order valence-corrected chi connectivity index (χ2v) is 7.16. The molecule has 0 spiro atoms. The van der Waals surface area contributed by atoms with Crippen LogP contribution in [0.3, 0.4) is 0 Å². The summed E-state index contributed by atoms with van der Waals surface area (Å²) in [5, 5.41) is 1.04. The van der Waals surface area contributed by atoms with Crippen LogP contribution >= 0.6 is 11.3 Å². The van der Waals surface area contributed by atoms with Crippen molar-refractivity contribution < 1.29 is 4.79 Å². The van der Waals surface area contributed by atoms with Gasteiger partial charge in [0, 0.05) is 19.0 Å². The van der Waals surface area contributed by atoms with Gasteiger partial charge in [-0.15, -0.1) is 11.3 Å². The van der Waals surface area contributed by atoms with Crippen molar-refractivity contribution in [3.8, 4) is 0 Å². The summed E-state index contributed by atoms with van der Waals surface area (Å²) in [7, 11) is 0. The molecule has 1 aromatic heterocycles. The number of hydrazine groups is 1. The number of nitrogens with two attached hydrogens (primary N) is 1. The molecule has 1 fully saturated rings. The maximum atomic E-state index is 11.8. The molecule has 1 aromatic rings. The van der Waals surface area contributed by atoms with Crippen LogP contribution in [0.25, 0.3) is 0 Å². The largest absolute Gasteiger partial charge is 0.300 e. The van der Waals surface area contributed by atoms with Gasteiger partial charge in [0.25, 0.3) is 5.91 Å². The van der Waals surface area contributed by atoms with Gasteiger partial charge in [-0.2, -0.15) is 0 Å². The second-order valence-electron chi connectivity index (χ2n) is 6.08. The molecule has 118 valence electrons. The van der Waals surface area contributed by atoms with Crippen LogP contribution in [-0.2, 0) is 6.42 Å². The van der Waals surface area contributed by atoms with Gasteiger partial charge in [-0.3, -0.25) is 10.2 Å². The zero-order valence-electron chi connectivity index (χ0n) is 13.2. The average molecular weight is 310 g/mol. The minimum atomic E-state index is -0.228. The summed E-state index contributed by atoms with van der Waals surface area (Å²) in [4.78, 5) is 19.7. The Hall–Kier alpha value is -0.980. The first-order valence-electron chi connectivity index (χ1n) is 7.77. The molecule has 1 saturated heterocycles. The predicted molar refractivity (Wildman–Crippen MR) is 86.4 cm³/mol. The molecule has 3 N–H and O–H groups in total. The summed E-state index contributed by atoms with van der Waals surface area (Å²) in [6.07, 6.45) is 4.83. The molecular formula is C15H26N4OS. The number of rotatable bonds is 5. The van der Waals surface area contributed by atoms with Crippen LogP contribution in [0.15, 0.2) is 0 Å². The third-order valence-corrected chi connectivity index (χ3v) is 5.27. The maximum absolute atomic E-state index is 11.8. The smallest absolute Gasteiger partial charge is 0.277 e. The first-order valence-corrected chi connectivity index (χ1v) is 8.59. The number of likely N-dealkylation sites (tertiary alicyclic amines) is 1. The lowest BCUT2D eigenvalue weighted by molar-refractivity contribution is 0.0956. The normalized spacial score (nSPS) is 20.0. The van der Waals surface area contributed by atoms with E-state index in [-0.39, 0.29) is 11.8 Å². The number of nitrogens with one attached hydrogen (secondary N) is 1. The molecular weight excluding hydrogens is 284 g/mol. The average Bonchev–Trinajstić information content (AvgIpc) is 2.90. The van der Waals surface area contributed by atoms with E-state index in [1.807, 2.05) is 0 Å². The summed E-state index contributed by atoms with van der Waals surface area (Å²) in [5.41, 5.74) is 3.09. The SMILES string of the molecule is CC(C)c1nc(CCN2CCCCC2C)sc1C(=O)NN.